The molecule has 0 saturated heterocycles. The monoisotopic (exact) mass is 250 g/mol. The first-order chi connectivity index (χ1) is 8.56. The van der Waals surface area contributed by atoms with Crippen LogP contribution in [0.25, 0.3) is 0 Å². The molecule has 0 aliphatic carbocycles. The lowest BCUT2D eigenvalue weighted by Crippen LogP contribution is -2.39. The average Bonchev–Trinajstić information content (AvgIpc) is 2.36. The van der Waals surface area contributed by atoms with Gasteiger partial charge in [-0.25, -0.2) is 0 Å². The molecule has 4 nitrogen and oxygen atoms in total. The van der Waals surface area contributed by atoms with Gasteiger partial charge >= 0.3 is 0 Å². The largest absolute Gasteiger partial charge is 0.377 e. The van der Waals surface area contributed by atoms with Crippen molar-refractivity contribution in [3.05, 3.63) is 29.8 Å². The number of anilines is 1. The summed E-state index contributed by atoms with van der Waals surface area (Å²) in [5.74, 6) is -0.0435. The van der Waals surface area contributed by atoms with Crippen LogP contribution in [0, 0.1) is 5.92 Å². The lowest BCUT2D eigenvalue weighted by atomic mass is 10.0. The van der Waals surface area contributed by atoms with Gasteiger partial charge in [0.05, 0.1) is 12.6 Å². The number of benzene rings is 1. The third-order valence-electron chi connectivity index (χ3n) is 2.76. The summed E-state index contributed by atoms with van der Waals surface area (Å²) in [5.41, 5.74) is 7.55. The third-order valence-corrected chi connectivity index (χ3v) is 2.76. The van der Waals surface area contributed by atoms with Gasteiger partial charge in [0, 0.05) is 17.9 Å². The van der Waals surface area contributed by atoms with E-state index in [4.69, 9.17) is 10.5 Å². The second-order valence-electron chi connectivity index (χ2n) is 4.55. The Balaban J connectivity index is 2.74. The molecule has 4 heteroatoms. The summed E-state index contributed by atoms with van der Waals surface area (Å²) in [6.45, 7) is 6.93. The van der Waals surface area contributed by atoms with Crippen molar-refractivity contribution in [2.24, 2.45) is 11.7 Å². The van der Waals surface area contributed by atoms with Gasteiger partial charge in [0.15, 0.2) is 0 Å². The highest BCUT2D eigenvalue weighted by molar-refractivity contribution is 5.95. The van der Waals surface area contributed by atoms with E-state index in [0.717, 1.165) is 11.3 Å². The zero-order chi connectivity index (χ0) is 13.5. The quantitative estimate of drug-likeness (QED) is 0.813. The summed E-state index contributed by atoms with van der Waals surface area (Å²) < 4.78 is 5.37. The van der Waals surface area contributed by atoms with Crippen molar-refractivity contribution in [1.29, 1.82) is 0 Å². The molecule has 0 aliphatic rings. The predicted octanol–water partition coefficient (Wildman–Crippen LogP) is 2.14. The van der Waals surface area contributed by atoms with Crippen LogP contribution in [0.4, 0.5) is 5.69 Å². The number of para-hydroxylation sites is 1. The van der Waals surface area contributed by atoms with Crippen LogP contribution in [0.1, 0.15) is 26.3 Å². The molecule has 1 rings (SSSR count). The van der Waals surface area contributed by atoms with Crippen LogP contribution >= 0.6 is 0 Å². The molecule has 1 amide bonds. The number of nitrogens with one attached hydrogen (secondary N) is 1. The minimum absolute atomic E-state index is 0.115. The fraction of sp³-hybridized carbons (Fsp3) is 0.500. The summed E-state index contributed by atoms with van der Waals surface area (Å²) in [7, 11) is 0. The lowest BCUT2D eigenvalue weighted by Gasteiger charge is -2.17. The minimum Gasteiger partial charge on any atom is -0.377 e. The van der Waals surface area contributed by atoms with Crippen molar-refractivity contribution in [2.75, 3.05) is 11.9 Å². The molecule has 0 heterocycles. The standard InChI is InChI=1S/C14H22N2O2/c1-4-18-9-11-7-5-6-8-12(11)16-14(17)13(15)10(2)3/h5-8,10,13H,4,9,15H2,1-3H3,(H,16,17)/t13-/m0/s1. The molecule has 1 aromatic carbocycles. The predicted molar refractivity (Wildman–Crippen MR) is 73.2 cm³/mol. The van der Waals surface area contributed by atoms with Gasteiger partial charge in [-0.15, -0.1) is 0 Å². The second kappa shape index (κ2) is 7.13. The molecule has 0 spiro atoms. The van der Waals surface area contributed by atoms with Crippen molar-refractivity contribution in [3.8, 4) is 0 Å². The maximum atomic E-state index is 11.9. The molecule has 0 aromatic heterocycles. The van der Waals surface area contributed by atoms with Crippen molar-refractivity contribution in [1.82, 2.24) is 0 Å². The number of amides is 1. The van der Waals surface area contributed by atoms with Gasteiger partial charge in [0.1, 0.15) is 0 Å². The fourth-order valence-electron chi connectivity index (χ4n) is 1.50. The Morgan fingerprint density at radius 2 is 2.06 bits per heavy atom. The molecule has 1 aromatic rings. The van der Waals surface area contributed by atoms with E-state index in [2.05, 4.69) is 5.32 Å². The number of carbonyl (C=O) groups is 1. The number of hydrogen-bond acceptors (Lipinski definition) is 3. The summed E-state index contributed by atoms with van der Waals surface area (Å²) in [6, 6.07) is 7.11. The van der Waals surface area contributed by atoms with E-state index in [1.54, 1.807) is 0 Å². The molecule has 0 aliphatic heterocycles. The highest BCUT2D eigenvalue weighted by Crippen LogP contribution is 2.16. The summed E-state index contributed by atoms with van der Waals surface area (Å²) in [5, 5.41) is 2.86. The van der Waals surface area contributed by atoms with E-state index >= 15 is 0 Å². The molecule has 0 saturated carbocycles. The molecule has 3 N–H and O–H groups in total. The number of carbonyl (C=O) groups excluding carboxylic acids is 1. The Hall–Kier alpha value is -1.39. The van der Waals surface area contributed by atoms with Crippen LogP contribution in [0.5, 0.6) is 0 Å². The van der Waals surface area contributed by atoms with Gasteiger partial charge in [-0.2, -0.15) is 0 Å². The first-order valence-corrected chi connectivity index (χ1v) is 6.28. The maximum Gasteiger partial charge on any atom is 0.241 e. The van der Waals surface area contributed by atoms with Gasteiger partial charge in [-0.3, -0.25) is 4.79 Å². The normalized spacial score (nSPS) is 12.5. The Bertz CT molecular complexity index is 391. The molecule has 100 valence electrons. The molecular weight excluding hydrogens is 228 g/mol. The number of nitrogens with two attached hydrogens (primary N) is 1. The van der Waals surface area contributed by atoms with Crippen molar-refractivity contribution < 1.29 is 9.53 Å². The Morgan fingerprint density at radius 1 is 1.39 bits per heavy atom. The molecule has 18 heavy (non-hydrogen) atoms. The van der Waals surface area contributed by atoms with E-state index in [0.29, 0.717) is 13.2 Å². The molecule has 0 bridgehead atoms. The maximum absolute atomic E-state index is 11.9. The SMILES string of the molecule is CCOCc1ccccc1NC(=O)[C@@H](N)C(C)C. The number of hydrogen-bond donors (Lipinski definition) is 2. The summed E-state index contributed by atoms with van der Waals surface area (Å²) >= 11 is 0. The Labute approximate surface area is 109 Å². The minimum atomic E-state index is -0.495. The van der Waals surface area contributed by atoms with E-state index in [1.165, 1.54) is 0 Å². The van der Waals surface area contributed by atoms with Gasteiger partial charge in [0.2, 0.25) is 5.91 Å². The molecule has 0 unspecified atom stereocenters. The highest BCUT2D eigenvalue weighted by Gasteiger charge is 2.17. The van der Waals surface area contributed by atoms with Crippen LogP contribution < -0.4 is 11.1 Å². The third kappa shape index (κ3) is 4.13. The Kier molecular flexibility index (Phi) is 5.82. The second-order valence-corrected chi connectivity index (χ2v) is 4.55. The summed E-state index contributed by atoms with van der Waals surface area (Å²) in [6.07, 6.45) is 0. The van der Waals surface area contributed by atoms with Gasteiger partial charge in [-0.05, 0) is 18.9 Å². The average molecular weight is 250 g/mol. The van der Waals surface area contributed by atoms with E-state index < -0.39 is 6.04 Å². The fourth-order valence-corrected chi connectivity index (χ4v) is 1.50. The smallest absolute Gasteiger partial charge is 0.241 e. The zero-order valence-electron chi connectivity index (χ0n) is 11.3. The van der Waals surface area contributed by atoms with E-state index in [9.17, 15) is 4.79 Å². The van der Waals surface area contributed by atoms with Crippen LogP contribution in [-0.4, -0.2) is 18.6 Å². The van der Waals surface area contributed by atoms with E-state index in [1.807, 2.05) is 45.0 Å². The van der Waals surface area contributed by atoms with Crippen molar-refractivity contribution in [3.63, 3.8) is 0 Å². The Morgan fingerprint density at radius 3 is 2.67 bits per heavy atom. The van der Waals surface area contributed by atoms with Gasteiger partial charge < -0.3 is 15.8 Å². The van der Waals surface area contributed by atoms with Crippen LogP contribution in [-0.2, 0) is 16.1 Å². The molecule has 0 radical (unpaired) electrons. The molecule has 0 fully saturated rings. The highest BCUT2D eigenvalue weighted by atomic mass is 16.5. The first-order valence-electron chi connectivity index (χ1n) is 6.28. The van der Waals surface area contributed by atoms with Crippen LogP contribution in [0.2, 0.25) is 0 Å². The van der Waals surface area contributed by atoms with E-state index in [-0.39, 0.29) is 11.8 Å². The topological polar surface area (TPSA) is 64.3 Å². The van der Waals surface area contributed by atoms with Crippen molar-refractivity contribution >= 4 is 11.6 Å². The van der Waals surface area contributed by atoms with Gasteiger partial charge in [0.25, 0.3) is 0 Å². The zero-order valence-corrected chi connectivity index (χ0v) is 11.3. The van der Waals surface area contributed by atoms with Crippen LogP contribution in [0.3, 0.4) is 0 Å². The summed E-state index contributed by atoms with van der Waals surface area (Å²) in [4.78, 5) is 11.9. The number of ether oxygens (including phenoxy) is 1. The molecular formula is C14H22N2O2. The number of rotatable bonds is 6. The van der Waals surface area contributed by atoms with Crippen molar-refractivity contribution in [2.45, 2.75) is 33.4 Å². The van der Waals surface area contributed by atoms with Gasteiger partial charge in [-0.1, -0.05) is 32.0 Å². The van der Waals surface area contributed by atoms with Crippen LogP contribution in [0.15, 0.2) is 24.3 Å². The molecule has 1 atom stereocenters. The lowest BCUT2D eigenvalue weighted by molar-refractivity contribution is -0.118. The first kappa shape index (κ1) is 14.7.